The van der Waals surface area contributed by atoms with Gasteiger partial charge in [-0.1, -0.05) is 38.8 Å². The summed E-state index contributed by atoms with van der Waals surface area (Å²) in [6.45, 7) is 4.37. The van der Waals surface area contributed by atoms with Crippen molar-refractivity contribution >= 4 is 5.69 Å². The van der Waals surface area contributed by atoms with Crippen LogP contribution in [0, 0.1) is 0 Å². The van der Waals surface area contributed by atoms with E-state index in [0.717, 1.165) is 24.9 Å². The first-order chi connectivity index (χ1) is 6.27. The Morgan fingerprint density at radius 1 is 1.08 bits per heavy atom. The van der Waals surface area contributed by atoms with Crippen molar-refractivity contribution in [3.05, 3.63) is 29.3 Å². The Hall–Kier alpha value is -0.980. The fourth-order valence-electron chi connectivity index (χ4n) is 1.59. The average molecular weight is 177 g/mol. The van der Waals surface area contributed by atoms with Gasteiger partial charge in [0.05, 0.1) is 0 Å². The number of hydrogen-bond acceptors (Lipinski definition) is 1. The number of nitrogen functional groups attached to an aromatic ring is 1. The molecule has 0 heterocycles. The summed E-state index contributed by atoms with van der Waals surface area (Å²) in [5.41, 5.74) is 9.56. The number of anilines is 1. The number of rotatable bonds is 4. The third-order valence-corrected chi connectivity index (χ3v) is 2.27. The molecule has 1 nitrogen and oxygen atoms in total. The molecule has 0 fully saturated rings. The van der Waals surface area contributed by atoms with E-state index in [9.17, 15) is 0 Å². The highest BCUT2D eigenvalue weighted by Gasteiger charge is 1.99. The molecule has 0 saturated heterocycles. The van der Waals surface area contributed by atoms with Crippen molar-refractivity contribution in [2.75, 3.05) is 5.73 Å². The number of benzene rings is 1. The predicted molar refractivity (Wildman–Crippen MR) is 58.8 cm³/mol. The zero-order valence-electron chi connectivity index (χ0n) is 8.64. The zero-order valence-corrected chi connectivity index (χ0v) is 8.64. The van der Waals surface area contributed by atoms with E-state index in [4.69, 9.17) is 5.73 Å². The van der Waals surface area contributed by atoms with E-state index in [2.05, 4.69) is 32.0 Å². The standard InChI is InChI=1S/C12H19N/c1-3-5-10-7-8-11(6-4-2)12(13)9-10/h7-9H,3-6,13H2,1-2H3. The maximum absolute atomic E-state index is 5.94. The molecular formula is C12H19N. The lowest BCUT2D eigenvalue weighted by Gasteiger charge is -2.06. The number of nitrogens with two attached hydrogens (primary N) is 1. The summed E-state index contributed by atoms with van der Waals surface area (Å²) >= 11 is 0. The van der Waals surface area contributed by atoms with Crippen LogP contribution in [0.3, 0.4) is 0 Å². The lowest BCUT2D eigenvalue weighted by atomic mass is 10.0. The molecule has 0 unspecified atom stereocenters. The van der Waals surface area contributed by atoms with Gasteiger partial charge in [0.2, 0.25) is 0 Å². The van der Waals surface area contributed by atoms with E-state index in [1.165, 1.54) is 17.5 Å². The molecular weight excluding hydrogens is 158 g/mol. The molecule has 0 aliphatic carbocycles. The Balaban J connectivity index is 2.79. The molecule has 0 aliphatic rings. The molecule has 0 atom stereocenters. The molecule has 0 aliphatic heterocycles. The normalized spacial score (nSPS) is 10.3. The van der Waals surface area contributed by atoms with Crippen LogP contribution in [0.1, 0.15) is 37.8 Å². The molecule has 0 bridgehead atoms. The quantitative estimate of drug-likeness (QED) is 0.702. The van der Waals surface area contributed by atoms with Crippen molar-refractivity contribution in [3.63, 3.8) is 0 Å². The van der Waals surface area contributed by atoms with Crippen LogP contribution in [-0.2, 0) is 12.8 Å². The maximum Gasteiger partial charge on any atom is 0.0349 e. The van der Waals surface area contributed by atoms with Crippen LogP contribution in [0.25, 0.3) is 0 Å². The SMILES string of the molecule is CCCc1ccc(CCC)c(N)c1. The first-order valence-electron chi connectivity index (χ1n) is 5.15. The van der Waals surface area contributed by atoms with Crippen molar-refractivity contribution in [1.29, 1.82) is 0 Å². The Bertz CT molecular complexity index is 266. The summed E-state index contributed by atoms with van der Waals surface area (Å²) in [5.74, 6) is 0. The van der Waals surface area contributed by atoms with Gasteiger partial charge >= 0.3 is 0 Å². The van der Waals surface area contributed by atoms with E-state index in [1.54, 1.807) is 0 Å². The van der Waals surface area contributed by atoms with Crippen molar-refractivity contribution in [2.45, 2.75) is 39.5 Å². The van der Waals surface area contributed by atoms with Gasteiger partial charge in [0.1, 0.15) is 0 Å². The van der Waals surface area contributed by atoms with Gasteiger partial charge in [-0.2, -0.15) is 0 Å². The van der Waals surface area contributed by atoms with Gasteiger partial charge in [0.15, 0.2) is 0 Å². The summed E-state index contributed by atoms with van der Waals surface area (Å²) in [6.07, 6.45) is 4.58. The summed E-state index contributed by atoms with van der Waals surface area (Å²) in [5, 5.41) is 0. The van der Waals surface area contributed by atoms with Gasteiger partial charge in [-0.05, 0) is 30.0 Å². The fraction of sp³-hybridized carbons (Fsp3) is 0.500. The minimum atomic E-state index is 0.966. The minimum Gasteiger partial charge on any atom is -0.398 e. The highest BCUT2D eigenvalue weighted by Crippen LogP contribution is 2.16. The van der Waals surface area contributed by atoms with E-state index in [-0.39, 0.29) is 0 Å². The highest BCUT2D eigenvalue weighted by molar-refractivity contribution is 5.49. The smallest absolute Gasteiger partial charge is 0.0349 e. The van der Waals surface area contributed by atoms with Gasteiger partial charge in [-0.25, -0.2) is 0 Å². The molecule has 0 aromatic heterocycles. The van der Waals surface area contributed by atoms with Gasteiger partial charge in [-0.3, -0.25) is 0 Å². The molecule has 1 heteroatoms. The molecule has 0 amide bonds. The molecule has 0 radical (unpaired) electrons. The van der Waals surface area contributed by atoms with E-state index in [0.29, 0.717) is 0 Å². The molecule has 0 spiro atoms. The highest BCUT2D eigenvalue weighted by atomic mass is 14.6. The van der Waals surface area contributed by atoms with Crippen molar-refractivity contribution < 1.29 is 0 Å². The van der Waals surface area contributed by atoms with Crippen LogP contribution in [0.4, 0.5) is 5.69 Å². The molecule has 72 valence electrons. The lowest BCUT2D eigenvalue weighted by molar-refractivity contribution is 0.906. The summed E-state index contributed by atoms with van der Waals surface area (Å²) in [7, 11) is 0. The van der Waals surface area contributed by atoms with Crippen LogP contribution < -0.4 is 5.73 Å². The van der Waals surface area contributed by atoms with E-state index >= 15 is 0 Å². The molecule has 1 rings (SSSR count). The molecule has 2 N–H and O–H groups in total. The van der Waals surface area contributed by atoms with Crippen molar-refractivity contribution in [3.8, 4) is 0 Å². The van der Waals surface area contributed by atoms with Gasteiger partial charge in [0.25, 0.3) is 0 Å². The second kappa shape index (κ2) is 4.90. The minimum absolute atomic E-state index is 0.966. The van der Waals surface area contributed by atoms with Crippen molar-refractivity contribution in [2.24, 2.45) is 0 Å². The third kappa shape index (κ3) is 2.76. The Morgan fingerprint density at radius 2 is 1.77 bits per heavy atom. The van der Waals surface area contributed by atoms with Crippen LogP contribution in [-0.4, -0.2) is 0 Å². The van der Waals surface area contributed by atoms with Crippen LogP contribution >= 0.6 is 0 Å². The Labute approximate surface area is 81.0 Å². The van der Waals surface area contributed by atoms with Gasteiger partial charge < -0.3 is 5.73 Å². The average Bonchev–Trinajstić information content (AvgIpc) is 2.10. The van der Waals surface area contributed by atoms with Crippen LogP contribution in [0.5, 0.6) is 0 Å². The van der Waals surface area contributed by atoms with Crippen LogP contribution in [0.15, 0.2) is 18.2 Å². The maximum atomic E-state index is 5.94. The van der Waals surface area contributed by atoms with Crippen molar-refractivity contribution in [1.82, 2.24) is 0 Å². The monoisotopic (exact) mass is 177 g/mol. The fourth-order valence-corrected chi connectivity index (χ4v) is 1.59. The summed E-state index contributed by atoms with van der Waals surface area (Å²) in [6, 6.07) is 6.49. The topological polar surface area (TPSA) is 26.0 Å². The van der Waals surface area contributed by atoms with Gasteiger partial charge in [-0.15, -0.1) is 0 Å². The second-order valence-electron chi connectivity index (χ2n) is 3.53. The third-order valence-electron chi connectivity index (χ3n) is 2.27. The van der Waals surface area contributed by atoms with E-state index < -0.39 is 0 Å². The lowest BCUT2D eigenvalue weighted by Crippen LogP contribution is -1.95. The van der Waals surface area contributed by atoms with Crippen LogP contribution in [0.2, 0.25) is 0 Å². The first kappa shape index (κ1) is 10.1. The number of aryl methyl sites for hydroxylation is 2. The predicted octanol–water partition coefficient (Wildman–Crippen LogP) is 3.17. The Morgan fingerprint density at radius 3 is 2.31 bits per heavy atom. The van der Waals surface area contributed by atoms with E-state index in [1.807, 2.05) is 0 Å². The zero-order chi connectivity index (χ0) is 9.68. The summed E-state index contributed by atoms with van der Waals surface area (Å²) in [4.78, 5) is 0. The molecule has 13 heavy (non-hydrogen) atoms. The second-order valence-corrected chi connectivity index (χ2v) is 3.53. The van der Waals surface area contributed by atoms with Gasteiger partial charge in [0, 0.05) is 5.69 Å². The first-order valence-corrected chi connectivity index (χ1v) is 5.15. The molecule has 0 saturated carbocycles. The number of hydrogen-bond donors (Lipinski definition) is 1. The molecule has 1 aromatic rings. The molecule has 1 aromatic carbocycles. The largest absolute Gasteiger partial charge is 0.398 e. The summed E-state index contributed by atoms with van der Waals surface area (Å²) < 4.78 is 0. The Kier molecular flexibility index (Phi) is 3.81.